The Morgan fingerprint density at radius 3 is 2.50 bits per heavy atom. The second-order valence-electron chi connectivity index (χ2n) is 3.52. The summed E-state index contributed by atoms with van der Waals surface area (Å²) < 4.78 is 9.20. The fourth-order valence-electron chi connectivity index (χ4n) is 1.18. The number of ether oxygens (including phenoxy) is 2. The van der Waals surface area contributed by atoms with Crippen molar-refractivity contribution < 1.29 is 29.0 Å². The van der Waals surface area contributed by atoms with Gasteiger partial charge in [0.25, 0.3) is 0 Å². The summed E-state index contributed by atoms with van der Waals surface area (Å²) in [4.78, 5) is 34.4. The van der Waals surface area contributed by atoms with Crippen LogP contribution in [0.4, 0.5) is 4.79 Å². The van der Waals surface area contributed by atoms with E-state index in [1.807, 2.05) is 0 Å². The molecule has 7 nitrogen and oxygen atoms in total. The highest BCUT2D eigenvalue weighted by Gasteiger charge is 2.25. The Bertz CT molecular complexity index is 327. The van der Waals surface area contributed by atoms with E-state index in [1.165, 1.54) is 20.1 Å². The first-order valence-corrected chi connectivity index (χ1v) is 5.25. The van der Waals surface area contributed by atoms with E-state index in [0.717, 1.165) is 4.90 Å². The predicted octanol–water partition coefficient (Wildman–Crippen LogP) is 0.647. The van der Waals surface area contributed by atoms with E-state index in [-0.39, 0.29) is 19.6 Å². The molecule has 1 N–H and O–H groups in total. The third-order valence-electron chi connectivity index (χ3n) is 2.09. The number of methoxy groups -OCH3 is 1. The van der Waals surface area contributed by atoms with Crippen molar-refractivity contribution >= 4 is 18.0 Å². The minimum Gasteiger partial charge on any atom is -0.481 e. The summed E-state index contributed by atoms with van der Waals surface area (Å²) >= 11 is 0. The fraction of sp³-hybridized carbons (Fsp3) is 0.545. The summed E-state index contributed by atoms with van der Waals surface area (Å²) in [6.07, 6.45) is 0.296. The van der Waals surface area contributed by atoms with Crippen LogP contribution < -0.4 is 0 Å². The number of hydrogen-bond donors (Lipinski definition) is 1. The predicted molar refractivity (Wildman–Crippen MR) is 62.0 cm³/mol. The van der Waals surface area contributed by atoms with Gasteiger partial charge in [-0.1, -0.05) is 12.7 Å². The lowest BCUT2D eigenvalue weighted by Crippen LogP contribution is -2.43. The third-order valence-corrected chi connectivity index (χ3v) is 2.09. The van der Waals surface area contributed by atoms with Gasteiger partial charge in [-0.25, -0.2) is 4.79 Å². The van der Waals surface area contributed by atoms with Crippen LogP contribution in [-0.4, -0.2) is 54.3 Å². The van der Waals surface area contributed by atoms with Crippen LogP contribution in [0.5, 0.6) is 0 Å². The van der Waals surface area contributed by atoms with Crippen LogP contribution >= 0.6 is 0 Å². The molecule has 0 heterocycles. The Morgan fingerprint density at radius 1 is 1.44 bits per heavy atom. The van der Waals surface area contributed by atoms with E-state index in [0.29, 0.717) is 0 Å². The van der Waals surface area contributed by atoms with Crippen molar-refractivity contribution in [3.05, 3.63) is 12.7 Å². The van der Waals surface area contributed by atoms with Gasteiger partial charge in [0.05, 0.1) is 13.5 Å². The molecule has 0 aromatic heterocycles. The Hall–Kier alpha value is -2.05. The molecule has 1 amide bonds. The number of carboxylic acids is 1. The van der Waals surface area contributed by atoms with Crippen LogP contribution in [0.25, 0.3) is 0 Å². The second-order valence-corrected chi connectivity index (χ2v) is 3.52. The van der Waals surface area contributed by atoms with Gasteiger partial charge < -0.3 is 14.6 Å². The van der Waals surface area contributed by atoms with Crippen molar-refractivity contribution in [3.63, 3.8) is 0 Å². The zero-order valence-corrected chi connectivity index (χ0v) is 10.4. The van der Waals surface area contributed by atoms with E-state index in [2.05, 4.69) is 11.3 Å². The van der Waals surface area contributed by atoms with Crippen molar-refractivity contribution in [1.82, 2.24) is 4.90 Å². The first-order valence-electron chi connectivity index (χ1n) is 5.25. The van der Waals surface area contributed by atoms with Gasteiger partial charge in [-0.05, 0) is 6.92 Å². The van der Waals surface area contributed by atoms with E-state index < -0.39 is 24.1 Å². The maximum absolute atomic E-state index is 11.6. The molecule has 0 bridgehead atoms. The molecule has 0 spiro atoms. The van der Waals surface area contributed by atoms with Crippen LogP contribution in [0.2, 0.25) is 0 Å². The van der Waals surface area contributed by atoms with Crippen molar-refractivity contribution in [2.75, 3.05) is 20.3 Å². The second kappa shape index (κ2) is 8.10. The highest BCUT2D eigenvalue weighted by Crippen LogP contribution is 2.07. The third kappa shape index (κ3) is 5.88. The smallest absolute Gasteiger partial charge is 0.410 e. The molecule has 0 aromatic carbocycles. The Labute approximate surface area is 105 Å². The number of carboxylic acid groups (broad SMARTS) is 1. The van der Waals surface area contributed by atoms with Crippen molar-refractivity contribution in [2.45, 2.75) is 19.4 Å². The number of carbonyl (C=O) groups excluding carboxylic acids is 2. The van der Waals surface area contributed by atoms with Crippen LogP contribution in [0.15, 0.2) is 12.7 Å². The molecular formula is C11H17NO6. The molecule has 0 fully saturated rings. The topological polar surface area (TPSA) is 93.1 Å². The highest BCUT2D eigenvalue weighted by atomic mass is 16.6. The van der Waals surface area contributed by atoms with E-state index >= 15 is 0 Å². The van der Waals surface area contributed by atoms with Crippen LogP contribution in [0.1, 0.15) is 13.3 Å². The van der Waals surface area contributed by atoms with E-state index in [9.17, 15) is 14.4 Å². The van der Waals surface area contributed by atoms with Gasteiger partial charge in [0.2, 0.25) is 0 Å². The molecule has 0 aliphatic carbocycles. The lowest BCUT2D eigenvalue weighted by molar-refractivity contribution is -0.144. The van der Waals surface area contributed by atoms with Crippen LogP contribution in [-0.2, 0) is 19.1 Å². The van der Waals surface area contributed by atoms with Crippen molar-refractivity contribution in [3.8, 4) is 0 Å². The monoisotopic (exact) mass is 259 g/mol. The van der Waals surface area contributed by atoms with E-state index in [1.54, 1.807) is 0 Å². The summed E-state index contributed by atoms with van der Waals surface area (Å²) in [7, 11) is 1.18. The summed E-state index contributed by atoms with van der Waals surface area (Å²) in [5, 5.41) is 8.67. The lowest BCUT2D eigenvalue weighted by atomic mass is 10.2. The summed E-state index contributed by atoms with van der Waals surface area (Å²) in [6, 6.07) is -0.682. The summed E-state index contributed by atoms with van der Waals surface area (Å²) in [5.74, 6) is -1.73. The SMILES string of the molecule is C=CCOC(=O)N(CC(=O)OC)[C@@H](C)CC(=O)O. The quantitative estimate of drug-likeness (QED) is 0.533. The zero-order valence-electron chi connectivity index (χ0n) is 10.4. The highest BCUT2D eigenvalue weighted by molar-refractivity contribution is 5.79. The van der Waals surface area contributed by atoms with E-state index in [4.69, 9.17) is 9.84 Å². The number of aliphatic carboxylic acids is 1. The molecule has 0 saturated carbocycles. The first-order chi connectivity index (χ1) is 8.42. The number of nitrogens with zero attached hydrogens (tertiary/aromatic N) is 1. The van der Waals surface area contributed by atoms with Crippen molar-refractivity contribution in [2.24, 2.45) is 0 Å². The lowest BCUT2D eigenvalue weighted by Gasteiger charge is -2.26. The fourth-order valence-corrected chi connectivity index (χ4v) is 1.18. The largest absolute Gasteiger partial charge is 0.481 e. The number of hydrogen-bond acceptors (Lipinski definition) is 5. The Kier molecular flexibility index (Phi) is 7.18. The normalized spacial score (nSPS) is 11.2. The molecule has 0 rings (SSSR count). The molecule has 0 radical (unpaired) electrons. The number of esters is 1. The molecule has 1 atom stereocenters. The maximum Gasteiger partial charge on any atom is 0.410 e. The average Bonchev–Trinajstić information content (AvgIpc) is 2.31. The standard InChI is InChI=1S/C11H17NO6/c1-4-5-18-11(16)12(7-10(15)17-3)8(2)6-9(13)14/h4,8H,1,5-7H2,2-3H3,(H,13,14)/t8-/m0/s1. The van der Waals surface area contributed by atoms with Gasteiger partial charge in [0.15, 0.2) is 0 Å². The molecular weight excluding hydrogens is 242 g/mol. The summed E-state index contributed by atoms with van der Waals surface area (Å²) in [6.45, 7) is 4.51. The number of carbonyl (C=O) groups is 3. The number of amides is 1. The molecule has 7 heteroatoms. The maximum atomic E-state index is 11.6. The molecule has 0 saturated heterocycles. The number of rotatable bonds is 7. The molecule has 0 aliphatic rings. The van der Waals surface area contributed by atoms with Gasteiger partial charge in [0, 0.05) is 6.04 Å². The van der Waals surface area contributed by atoms with Crippen LogP contribution in [0, 0.1) is 0 Å². The van der Waals surface area contributed by atoms with Gasteiger partial charge in [-0.2, -0.15) is 0 Å². The Morgan fingerprint density at radius 2 is 2.06 bits per heavy atom. The molecule has 0 aromatic rings. The molecule has 0 unspecified atom stereocenters. The average molecular weight is 259 g/mol. The minimum atomic E-state index is -1.08. The Balaban J connectivity index is 4.68. The van der Waals surface area contributed by atoms with Crippen molar-refractivity contribution in [1.29, 1.82) is 0 Å². The zero-order chi connectivity index (χ0) is 14.1. The van der Waals surface area contributed by atoms with Gasteiger partial charge >= 0.3 is 18.0 Å². The van der Waals surface area contributed by atoms with Crippen LogP contribution in [0.3, 0.4) is 0 Å². The van der Waals surface area contributed by atoms with Gasteiger partial charge in [-0.15, -0.1) is 0 Å². The summed E-state index contributed by atoms with van der Waals surface area (Å²) in [5.41, 5.74) is 0. The first kappa shape index (κ1) is 16.0. The van der Waals surface area contributed by atoms with Gasteiger partial charge in [0.1, 0.15) is 13.2 Å². The molecule has 18 heavy (non-hydrogen) atoms. The molecule has 0 aliphatic heterocycles. The van der Waals surface area contributed by atoms with Gasteiger partial charge in [-0.3, -0.25) is 14.5 Å². The molecule has 102 valence electrons. The minimum absolute atomic E-state index is 0.0176.